The van der Waals surface area contributed by atoms with Gasteiger partial charge in [-0.05, 0) is 31.4 Å². The van der Waals surface area contributed by atoms with Crippen LogP contribution in [-0.2, 0) is 25.7 Å². The molecule has 1 aromatic rings. The molecule has 196 valence electrons. The van der Waals surface area contributed by atoms with Crippen molar-refractivity contribution in [2.45, 2.75) is 19.4 Å². The Morgan fingerprint density at radius 1 is 1.03 bits per heavy atom. The van der Waals surface area contributed by atoms with Gasteiger partial charge < -0.3 is 29.1 Å². The Hall–Kier alpha value is -2.91. The highest BCUT2D eigenvalue weighted by Crippen LogP contribution is 2.29. The number of hydrogen-bond acceptors (Lipinski definition) is 6. The predicted octanol–water partition coefficient (Wildman–Crippen LogP) is 1.24. The number of benzene rings is 1. The van der Waals surface area contributed by atoms with E-state index in [1.54, 1.807) is 0 Å². The normalized spacial score (nSPS) is 23.7. The lowest BCUT2D eigenvalue weighted by molar-refractivity contribution is -0.144. The summed E-state index contributed by atoms with van der Waals surface area (Å²) in [5.41, 5.74) is 0.844. The number of carbonyl (C=O) groups is 3. The minimum Gasteiger partial charge on any atom is -0.489 e. The van der Waals surface area contributed by atoms with E-state index in [0.29, 0.717) is 31.9 Å². The van der Waals surface area contributed by atoms with E-state index in [4.69, 9.17) is 9.47 Å². The van der Waals surface area contributed by atoms with E-state index in [-0.39, 0.29) is 49.3 Å². The number of amides is 3. The number of para-hydroxylation sites is 1. The number of rotatable bonds is 4. The van der Waals surface area contributed by atoms with Gasteiger partial charge in [-0.3, -0.25) is 14.4 Å². The molecule has 9 nitrogen and oxygen atoms in total. The van der Waals surface area contributed by atoms with Crippen LogP contribution in [-0.4, -0.2) is 111 Å². The Morgan fingerprint density at radius 2 is 1.81 bits per heavy atom. The van der Waals surface area contributed by atoms with Crippen molar-refractivity contribution in [3.05, 3.63) is 42.0 Å². The second-order valence-electron chi connectivity index (χ2n) is 9.97. The van der Waals surface area contributed by atoms with Gasteiger partial charge >= 0.3 is 0 Å². The van der Waals surface area contributed by atoms with Crippen LogP contribution in [0.1, 0.15) is 18.4 Å². The Balaban J connectivity index is 1.51. The maximum Gasteiger partial charge on any atom is 0.249 e. The van der Waals surface area contributed by atoms with Crippen molar-refractivity contribution in [3.63, 3.8) is 0 Å². The van der Waals surface area contributed by atoms with Crippen LogP contribution >= 0.6 is 0 Å². The van der Waals surface area contributed by atoms with E-state index in [1.165, 1.54) is 12.0 Å². The van der Waals surface area contributed by atoms with E-state index < -0.39 is 0 Å². The maximum atomic E-state index is 13.3. The molecule has 2 fully saturated rings. The first-order valence-electron chi connectivity index (χ1n) is 12.8. The zero-order valence-electron chi connectivity index (χ0n) is 21.4. The fourth-order valence-corrected chi connectivity index (χ4v) is 5.20. The zero-order valence-corrected chi connectivity index (χ0v) is 21.4. The molecule has 3 aliphatic rings. The van der Waals surface area contributed by atoms with Gasteiger partial charge in [0.25, 0.3) is 0 Å². The van der Waals surface area contributed by atoms with Gasteiger partial charge in [-0.1, -0.05) is 30.4 Å². The van der Waals surface area contributed by atoms with Crippen molar-refractivity contribution in [1.82, 2.24) is 19.6 Å². The van der Waals surface area contributed by atoms with Crippen molar-refractivity contribution in [3.8, 4) is 5.75 Å². The highest BCUT2D eigenvalue weighted by atomic mass is 16.5. The van der Waals surface area contributed by atoms with Crippen LogP contribution < -0.4 is 4.74 Å². The van der Waals surface area contributed by atoms with Crippen LogP contribution in [0.2, 0.25) is 0 Å². The number of carbonyl (C=O) groups excluding carboxylic acids is 3. The number of methoxy groups -OCH3 is 1. The lowest BCUT2D eigenvalue weighted by Crippen LogP contribution is -2.50. The largest absolute Gasteiger partial charge is 0.489 e. The average molecular weight is 499 g/mol. The van der Waals surface area contributed by atoms with Gasteiger partial charge in [0.2, 0.25) is 17.7 Å². The summed E-state index contributed by atoms with van der Waals surface area (Å²) in [6, 6.07) is 7.58. The van der Waals surface area contributed by atoms with Gasteiger partial charge in [0.1, 0.15) is 25.5 Å². The smallest absolute Gasteiger partial charge is 0.249 e. The number of ether oxygens (including phenoxy) is 2. The summed E-state index contributed by atoms with van der Waals surface area (Å²) in [5.74, 6) is 0.792. The standard InChI is InChI=1S/C27H38N4O5/c1-28-11-13-29(14-12-28)25(32)16-21-9-10-30-17-22(21)7-5-15-36-24-8-4-3-6-23(24)18-31(19-26(30)33)27(34)20-35-2/h3-8,21-22H,9-20H2,1-2H3/t21-,22-/m0/s1. The van der Waals surface area contributed by atoms with E-state index in [0.717, 1.165) is 38.2 Å². The number of nitrogens with zero attached hydrogens (tertiary/aromatic N) is 4. The second-order valence-corrected chi connectivity index (χ2v) is 9.97. The lowest BCUT2D eigenvalue weighted by Gasteiger charge is -2.39. The number of hydrogen-bond donors (Lipinski definition) is 0. The highest BCUT2D eigenvalue weighted by molar-refractivity contribution is 5.85. The molecule has 2 bridgehead atoms. The van der Waals surface area contributed by atoms with Crippen LogP contribution in [0.3, 0.4) is 0 Å². The molecule has 2 saturated heterocycles. The minimum atomic E-state index is -0.238. The summed E-state index contributed by atoms with van der Waals surface area (Å²) in [4.78, 5) is 46.8. The molecule has 3 amide bonds. The van der Waals surface area contributed by atoms with Gasteiger partial charge in [0, 0.05) is 64.9 Å². The molecule has 3 heterocycles. The maximum absolute atomic E-state index is 13.3. The fourth-order valence-electron chi connectivity index (χ4n) is 5.20. The Labute approximate surface area is 213 Å². The third kappa shape index (κ3) is 6.64. The molecule has 0 aliphatic carbocycles. The predicted molar refractivity (Wildman–Crippen MR) is 135 cm³/mol. The Bertz CT molecular complexity index is 959. The van der Waals surface area contributed by atoms with Crippen molar-refractivity contribution in [1.29, 1.82) is 0 Å². The lowest BCUT2D eigenvalue weighted by atomic mass is 9.82. The first-order chi connectivity index (χ1) is 17.4. The van der Waals surface area contributed by atoms with Gasteiger partial charge in [-0.2, -0.15) is 0 Å². The van der Waals surface area contributed by atoms with E-state index >= 15 is 0 Å². The topological polar surface area (TPSA) is 82.6 Å². The summed E-state index contributed by atoms with van der Waals surface area (Å²) >= 11 is 0. The van der Waals surface area contributed by atoms with Gasteiger partial charge in [-0.15, -0.1) is 0 Å². The van der Waals surface area contributed by atoms with Crippen LogP contribution in [0, 0.1) is 11.8 Å². The van der Waals surface area contributed by atoms with Crippen molar-refractivity contribution >= 4 is 17.7 Å². The molecule has 0 radical (unpaired) electrons. The third-order valence-electron chi connectivity index (χ3n) is 7.45. The number of fused-ring (bicyclic) bond motifs is 3. The Kier molecular flexibility index (Phi) is 8.98. The molecule has 0 unspecified atom stereocenters. The number of piperazine rings is 1. The SMILES string of the molecule is COCC(=O)N1CC(=O)N2CC[C@@H](CC(=O)N3CCN(C)CC3)[C@@H](C=CCOc3ccccc3C1)C2. The molecule has 3 aliphatic heterocycles. The Morgan fingerprint density at radius 3 is 2.58 bits per heavy atom. The molecule has 1 aromatic carbocycles. The molecule has 0 spiro atoms. The van der Waals surface area contributed by atoms with Gasteiger partial charge in [0.05, 0.1) is 0 Å². The van der Waals surface area contributed by atoms with Crippen LogP contribution in [0.4, 0.5) is 0 Å². The molecule has 4 rings (SSSR count). The molecule has 2 atom stereocenters. The first kappa shape index (κ1) is 26.2. The quantitative estimate of drug-likeness (QED) is 0.581. The summed E-state index contributed by atoms with van der Waals surface area (Å²) in [6.07, 6.45) is 5.35. The number of likely N-dealkylation sites (N-methyl/N-ethyl adjacent to an activating group) is 1. The highest BCUT2D eigenvalue weighted by Gasteiger charge is 2.34. The third-order valence-corrected chi connectivity index (χ3v) is 7.45. The van der Waals surface area contributed by atoms with E-state index in [9.17, 15) is 14.4 Å². The van der Waals surface area contributed by atoms with Crippen LogP contribution in [0.5, 0.6) is 5.75 Å². The molecule has 36 heavy (non-hydrogen) atoms. The molecular formula is C27H38N4O5. The van der Waals surface area contributed by atoms with Crippen molar-refractivity contribution in [2.75, 3.05) is 73.2 Å². The summed E-state index contributed by atoms with van der Waals surface area (Å²) < 4.78 is 11.1. The van der Waals surface area contributed by atoms with E-state index in [1.807, 2.05) is 40.1 Å². The van der Waals surface area contributed by atoms with Crippen molar-refractivity contribution < 1.29 is 23.9 Å². The molecule has 0 N–H and O–H groups in total. The zero-order chi connectivity index (χ0) is 25.5. The molecular weight excluding hydrogens is 460 g/mol. The second kappa shape index (κ2) is 12.4. The van der Waals surface area contributed by atoms with E-state index in [2.05, 4.69) is 18.0 Å². The number of piperidine rings is 1. The van der Waals surface area contributed by atoms with Gasteiger partial charge in [0.15, 0.2) is 0 Å². The fraction of sp³-hybridized carbons (Fsp3) is 0.593. The van der Waals surface area contributed by atoms with Crippen LogP contribution in [0.15, 0.2) is 36.4 Å². The van der Waals surface area contributed by atoms with Gasteiger partial charge in [-0.25, -0.2) is 0 Å². The summed E-state index contributed by atoms with van der Waals surface area (Å²) in [7, 11) is 3.55. The molecule has 0 aromatic heterocycles. The molecule has 9 heteroatoms. The summed E-state index contributed by atoms with van der Waals surface area (Å²) in [5, 5.41) is 0. The van der Waals surface area contributed by atoms with Crippen LogP contribution in [0.25, 0.3) is 0 Å². The first-order valence-corrected chi connectivity index (χ1v) is 12.8. The average Bonchev–Trinajstić information content (AvgIpc) is 2.88. The summed E-state index contributed by atoms with van der Waals surface area (Å²) in [6.45, 7) is 5.02. The molecule has 0 saturated carbocycles. The monoisotopic (exact) mass is 498 g/mol. The minimum absolute atomic E-state index is 0.0160. The van der Waals surface area contributed by atoms with Crippen molar-refractivity contribution in [2.24, 2.45) is 11.8 Å².